The van der Waals surface area contributed by atoms with Gasteiger partial charge in [-0.15, -0.1) is 0 Å². The normalized spacial score (nSPS) is 14.4. The van der Waals surface area contributed by atoms with E-state index >= 15 is 0 Å². The van der Waals surface area contributed by atoms with Crippen molar-refractivity contribution in [1.82, 2.24) is 0 Å². The molecule has 1 unspecified atom stereocenters. The van der Waals surface area contributed by atoms with Crippen LogP contribution < -0.4 is 4.89 Å². The van der Waals surface area contributed by atoms with Crippen LogP contribution in [-0.4, -0.2) is 69.2 Å². The minimum Gasteiger partial charge on any atom is -0.756 e. The molecule has 0 saturated heterocycles. The molecule has 2 atom stereocenters. The summed E-state index contributed by atoms with van der Waals surface area (Å²) in [6.07, 6.45) is 27.8. The van der Waals surface area contributed by atoms with Crippen molar-refractivity contribution in [1.29, 1.82) is 0 Å². The number of rotatable bonds is 30. The number of hydrogen-bond acceptors (Lipinski definition) is 7. The maximum absolute atomic E-state index is 11.9. The third kappa shape index (κ3) is 32.0. The van der Waals surface area contributed by atoms with Gasteiger partial charge in [0.15, 0.2) is 0 Å². The van der Waals surface area contributed by atoms with Gasteiger partial charge < -0.3 is 28.3 Å². The predicted molar refractivity (Wildman–Crippen MR) is 167 cm³/mol. The molecule has 0 radical (unpaired) electrons. The van der Waals surface area contributed by atoms with E-state index in [4.69, 9.17) is 9.26 Å². The number of aliphatic hydroxyl groups excluding tert-OH is 1. The molecule has 1 N–H and O–H groups in total. The first-order valence-electron chi connectivity index (χ1n) is 16.4. The van der Waals surface area contributed by atoms with E-state index in [0.29, 0.717) is 17.4 Å². The molecule has 0 heterocycles. The molecule has 0 saturated carbocycles. The summed E-state index contributed by atoms with van der Waals surface area (Å²) in [4.78, 5) is 23.6. The van der Waals surface area contributed by atoms with Gasteiger partial charge in [-0.25, -0.2) is 0 Å². The first-order chi connectivity index (χ1) is 19.6. The summed E-state index contributed by atoms with van der Waals surface area (Å²) in [5.41, 5.74) is 0. The van der Waals surface area contributed by atoms with Crippen LogP contribution >= 0.6 is 7.82 Å². The number of ether oxygens (including phenoxy) is 1. The number of aliphatic hydroxyl groups is 1. The van der Waals surface area contributed by atoms with Gasteiger partial charge in [0.2, 0.25) is 0 Å². The number of quaternary nitrogens is 1. The van der Waals surface area contributed by atoms with Gasteiger partial charge in [-0.1, -0.05) is 109 Å². The van der Waals surface area contributed by atoms with Crippen LogP contribution in [0.25, 0.3) is 0 Å². The number of carbonyl (C=O) groups excluding carboxylic acids is 1. The second kappa shape index (κ2) is 26.8. The van der Waals surface area contributed by atoms with Crippen molar-refractivity contribution in [3.63, 3.8) is 0 Å². The minimum atomic E-state index is -4.49. The number of nitrogens with zero attached hydrogens (tertiary/aromatic N) is 1. The number of likely N-dealkylation sites (N-methyl/N-ethyl adjacent to an activating group) is 1. The van der Waals surface area contributed by atoms with E-state index in [-0.39, 0.29) is 19.2 Å². The van der Waals surface area contributed by atoms with Crippen molar-refractivity contribution < 1.29 is 37.6 Å². The van der Waals surface area contributed by atoms with Crippen LogP contribution in [0.1, 0.15) is 135 Å². The summed E-state index contributed by atoms with van der Waals surface area (Å²) in [5.74, 6) is -0.387. The van der Waals surface area contributed by atoms with Crippen LogP contribution in [0, 0.1) is 0 Å². The van der Waals surface area contributed by atoms with Crippen LogP contribution in [0.4, 0.5) is 0 Å². The SMILES string of the molecule is CCCCCCCC/C=C\CCCCCCCCCCCCCC(=O)OC[C@@H](O)COP(=O)([O-])OCC[N+](C)(C)C. The lowest BCUT2D eigenvalue weighted by Gasteiger charge is -2.27. The molecular weight excluding hydrogens is 541 g/mol. The van der Waals surface area contributed by atoms with E-state index in [1.807, 2.05) is 21.1 Å². The number of phosphoric ester groups is 1. The van der Waals surface area contributed by atoms with E-state index < -0.39 is 20.5 Å². The molecule has 0 aliphatic rings. The van der Waals surface area contributed by atoms with Gasteiger partial charge >= 0.3 is 5.97 Å². The predicted octanol–water partition coefficient (Wildman–Crippen LogP) is 7.48. The number of allylic oxidation sites excluding steroid dienone is 2. The summed E-state index contributed by atoms with van der Waals surface area (Å²) in [6, 6.07) is 0. The lowest BCUT2D eigenvalue weighted by molar-refractivity contribution is -0.870. The van der Waals surface area contributed by atoms with Crippen molar-refractivity contribution in [3.05, 3.63) is 12.2 Å². The second-order valence-corrected chi connectivity index (χ2v) is 13.8. The van der Waals surface area contributed by atoms with E-state index in [0.717, 1.165) is 19.3 Å². The summed E-state index contributed by atoms with van der Waals surface area (Å²) in [6.45, 7) is 1.95. The maximum Gasteiger partial charge on any atom is 0.305 e. The molecule has 0 aliphatic carbocycles. The first kappa shape index (κ1) is 40.2. The van der Waals surface area contributed by atoms with Gasteiger partial charge in [-0.2, -0.15) is 0 Å². The van der Waals surface area contributed by atoms with Crippen molar-refractivity contribution in [2.75, 3.05) is 47.5 Å². The Morgan fingerprint density at radius 1 is 0.756 bits per heavy atom. The number of phosphoric acid groups is 1. The molecule has 0 aromatic carbocycles. The fourth-order valence-electron chi connectivity index (χ4n) is 4.35. The molecule has 0 fully saturated rings. The standard InChI is InChI=1S/C32H64NO7P/c1-5-6-7-8-9-10-11-12-13-14-15-16-17-18-19-20-21-22-23-24-25-26-32(35)38-29-31(34)30-40-41(36,37)39-28-27-33(2,3)4/h12-13,31,34H,5-11,14-30H2,1-4H3/b13-12-/t31-/m1/s1. The van der Waals surface area contributed by atoms with Crippen LogP contribution in [-0.2, 0) is 23.1 Å². The van der Waals surface area contributed by atoms with Gasteiger partial charge in [0, 0.05) is 6.42 Å². The lowest BCUT2D eigenvalue weighted by Crippen LogP contribution is -2.37. The number of carbonyl (C=O) groups is 1. The van der Waals surface area contributed by atoms with E-state index in [1.54, 1.807) is 0 Å². The smallest absolute Gasteiger partial charge is 0.305 e. The van der Waals surface area contributed by atoms with Gasteiger partial charge in [-0.05, 0) is 32.1 Å². The largest absolute Gasteiger partial charge is 0.756 e. The topological polar surface area (TPSA) is 105 Å². The van der Waals surface area contributed by atoms with Crippen LogP contribution in [0.15, 0.2) is 12.2 Å². The van der Waals surface area contributed by atoms with Gasteiger partial charge in [0.25, 0.3) is 7.82 Å². The second-order valence-electron chi connectivity index (χ2n) is 12.4. The Morgan fingerprint density at radius 2 is 1.22 bits per heavy atom. The zero-order valence-electron chi connectivity index (χ0n) is 27.0. The zero-order valence-corrected chi connectivity index (χ0v) is 27.9. The highest BCUT2D eigenvalue weighted by atomic mass is 31.2. The highest BCUT2D eigenvalue weighted by molar-refractivity contribution is 7.45. The fraction of sp³-hybridized carbons (Fsp3) is 0.906. The molecule has 0 aliphatic heterocycles. The third-order valence-corrected chi connectivity index (χ3v) is 7.98. The van der Waals surface area contributed by atoms with Gasteiger partial charge in [0.1, 0.15) is 25.9 Å². The Balaban J connectivity index is 3.46. The highest BCUT2D eigenvalue weighted by Gasteiger charge is 2.16. The molecule has 8 nitrogen and oxygen atoms in total. The average molecular weight is 606 g/mol. The van der Waals surface area contributed by atoms with E-state index in [1.165, 1.54) is 103 Å². The molecule has 9 heteroatoms. The molecule has 0 aromatic rings. The molecule has 41 heavy (non-hydrogen) atoms. The Morgan fingerprint density at radius 3 is 1.71 bits per heavy atom. The highest BCUT2D eigenvalue weighted by Crippen LogP contribution is 2.38. The molecule has 0 amide bonds. The lowest BCUT2D eigenvalue weighted by atomic mass is 10.0. The summed E-state index contributed by atoms with van der Waals surface area (Å²) >= 11 is 0. The summed E-state index contributed by atoms with van der Waals surface area (Å²) < 4.78 is 26.8. The zero-order chi connectivity index (χ0) is 30.7. The molecule has 0 bridgehead atoms. The maximum atomic E-state index is 11.9. The van der Waals surface area contributed by atoms with Crippen molar-refractivity contribution >= 4 is 13.8 Å². The fourth-order valence-corrected chi connectivity index (χ4v) is 5.09. The quantitative estimate of drug-likeness (QED) is 0.0298. The number of esters is 1. The Kier molecular flexibility index (Phi) is 26.3. The molecular formula is C32H64NO7P. The minimum absolute atomic E-state index is 0.00691. The summed E-state index contributed by atoms with van der Waals surface area (Å²) in [5, 5.41) is 9.84. The van der Waals surface area contributed by atoms with Crippen molar-refractivity contribution in [2.24, 2.45) is 0 Å². The van der Waals surface area contributed by atoms with Crippen LogP contribution in [0.2, 0.25) is 0 Å². The number of hydrogen-bond donors (Lipinski definition) is 1. The average Bonchev–Trinajstić information content (AvgIpc) is 2.90. The van der Waals surface area contributed by atoms with E-state index in [9.17, 15) is 19.4 Å². The monoisotopic (exact) mass is 605 g/mol. The van der Waals surface area contributed by atoms with Crippen LogP contribution in [0.3, 0.4) is 0 Å². The van der Waals surface area contributed by atoms with E-state index in [2.05, 4.69) is 23.6 Å². The van der Waals surface area contributed by atoms with Gasteiger partial charge in [-0.3, -0.25) is 9.36 Å². The Labute approximate surface area is 252 Å². The molecule has 0 spiro atoms. The first-order valence-corrected chi connectivity index (χ1v) is 17.9. The number of unbranched alkanes of at least 4 members (excludes halogenated alkanes) is 17. The Bertz CT molecular complexity index is 681. The van der Waals surface area contributed by atoms with Crippen molar-refractivity contribution in [2.45, 2.75) is 141 Å². The summed E-state index contributed by atoms with van der Waals surface area (Å²) in [7, 11) is 1.25. The van der Waals surface area contributed by atoms with Crippen LogP contribution in [0.5, 0.6) is 0 Å². The van der Waals surface area contributed by atoms with Crippen molar-refractivity contribution in [3.8, 4) is 0 Å². The Hall–Kier alpha value is -0.760. The molecule has 0 rings (SSSR count). The molecule has 0 aromatic heterocycles. The molecule has 244 valence electrons. The third-order valence-electron chi connectivity index (χ3n) is 7.02. The van der Waals surface area contributed by atoms with Gasteiger partial charge in [0.05, 0.1) is 27.7 Å².